The minimum Gasteiger partial charge on any atom is -0.456 e. The van der Waals surface area contributed by atoms with Crippen molar-refractivity contribution in [3.63, 3.8) is 0 Å². The first kappa shape index (κ1) is 16.1. The molecule has 2 rings (SSSR count). The van der Waals surface area contributed by atoms with Crippen LogP contribution < -0.4 is 10.1 Å². The molecule has 0 unspecified atom stereocenters. The van der Waals surface area contributed by atoms with E-state index >= 15 is 0 Å². The quantitative estimate of drug-likeness (QED) is 0.786. The summed E-state index contributed by atoms with van der Waals surface area (Å²) in [5.41, 5.74) is 3.63. The molecule has 0 aromatic heterocycles. The second-order valence-corrected chi connectivity index (χ2v) is 6.53. The first-order chi connectivity index (χ1) is 9.95. The van der Waals surface area contributed by atoms with Crippen molar-refractivity contribution in [3.8, 4) is 11.5 Å². The lowest BCUT2D eigenvalue weighted by Crippen LogP contribution is -2.21. The maximum Gasteiger partial charge on any atom is 0.141 e. The van der Waals surface area contributed by atoms with Gasteiger partial charge in [0.05, 0.1) is 4.47 Å². The first-order valence-corrected chi connectivity index (χ1v) is 8.02. The van der Waals surface area contributed by atoms with Crippen LogP contribution in [0.1, 0.15) is 30.5 Å². The molecule has 0 aliphatic heterocycles. The summed E-state index contributed by atoms with van der Waals surface area (Å²) in [5.74, 6) is 1.74. The molecule has 0 saturated heterocycles. The molecule has 112 valence electrons. The molecule has 21 heavy (non-hydrogen) atoms. The van der Waals surface area contributed by atoms with Gasteiger partial charge in [-0.1, -0.05) is 32.0 Å². The summed E-state index contributed by atoms with van der Waals surface area (Å²) in [6.45, 7) is 9.33. The third-order valence-electron chi connectivity index (χ3n) is 3.26. The van der Waals surface area contributed by atoms with E-state index in [0.717, 1.165) is 28.1 Å². The predicted octanol–water partition coefficient (Wildman–Crippen LogP) is 5.36. The first-order valence-electron chi connectivity index (χ1n) is 7.22. The molecule has 0 radical (unpaired) electrons. The van der Waals surface area contributed by atoms with Crippen molar-refractivity contribution < 1.29 is 4.74 Å². The van der Waals surface area contributed by atoms with Crippen molar-refractivity contribution in [2.75, 3.05) is 0 Å². The lowest BCUT2D eigenvalue weighted by molar-refractivity contribution is 0.475. The Kier molecular flexibility index (Phi) is 5.43. The third kappa shape index (κ3) is 4.58. The van der Waals surface area contributed by atoms with Crippen LogP contribution in [0.5, 0.6) is 11.5 Å². The van der Waals surface area contributed by atoms with Crippen molar-refractivity contribution >= 4 is 15.9 Å². The smallest absolute Gasteiger partial charge is 0.141 e. The highest BCUT2D eigenvalue weighted by Gasteiger charge is 2.06. The van der Waals surface area contributed by atoms with Crippen LogP contribution >= 0.6 is 15.9 Å². The Morgan fingerprint density at radius 1 is 1.05 bits per heavy atom. The maximum absolute atomic E-state index is 6.01. The topological polar surface area (TPSA) is 21.3 Å². The zero-order valence-corrected chi connectivity index (χ0v) is 14.6. The molecule has 0 amide bonds. The van der Waals surface area contributed by atoms with Gasteiger partial charge < -0.3 is 10.1 Å². The van der Waals surface area contributed by atoms with E-state index in [4.69, 9.17) is 4.74 Å². The molecule has 2 nitrogen and oxygen atoms in total. The number of benzene rings is 2. The standard InChI is InChI=1S/C18H22BrNO/c1-12(2)20-11-15-6-8-17(14(4)10-15)21-18-7-5-13(3)9-16(18)19/h5-10,12,20H,11H2,1-4H3. The van der Waals surface area contributed by atoms with Crippen molar-refractivity contribution in [2.24, 2.45) is 0 Å². The van der Waals surface area contributed by atoms with Crippen LogP contribution in [0.2, 0.25) is 0 Å². The second-order valence-electron chi connectivity index (χ2n) is 5.67. The van der Waals surface area contributed by atoms with Gasteiger partial charge in [-0.3, -0.25) is 0 Å². The molecule has 3 heteroatoms. The van der Waals surface area contributed by atoms with Crippen molar-refractivity contribution in [1.82, 2.24) is 5.32 Å². The van der Waals surface area contributed by atoms with Crippen molar-refractivity contribution in [3.05, 3.63) is 57.6 Å². The normalized spacial score (nSPS) is 11.0. The van der Waals surface area contributed by atoms with Crippen LogP contribution in [0, 0.1) is 13.8 Å². The monoisotopic (exact) mass is 347 g/mol. The van der Waals surface area contributed by atoms with Gasteiger partial charge >= 0.3 is 0 Å². The van der Waals surface area contributed by atoms with Gasteiger partial charge in [0.1, 0.15) is 11.5 Å². The van der Waals surface area contributed by atoms with E-state index in [9.17, 15) is 0 Å². The van der Waals surface area contributed by atoms with Crippen LogP contribution in [0.15, 0.2) is 40.9 Å². The maximum atomic E-state index is 6.01. The van der Waals surface area contributed by atoms with E-state index in [0.29, 0.717) is 6.04 Å². The number of rotatable bonds is 5. The van der Waals surface area contributed by atoms with Gasteiger partial charge in [0.25, 0.3) is 0 Å². The fourth-order valence-electron chi connectivity index (χ4n) is 2.07. The van der Waals surface area contributed by atoms with Gasteiger partial charge in [0.2, 0.25) is 0 Å². The molecule has 2 aromatic carbocycles. The Balaban J connectivity index is 2.13. The molecule has 0 fully saturated rings. The Hall–Kier alpha value is -1.32. The van der Waals surface area contributed by atoms with Crippen molar-refractivity contribution in [2.45, 2.75) is 40.3 Å². The van der Waals surface area contributed by atoms with E-state index in [1.807, 2.05) is 12.1 Å². The highest BCUT2D eigenvalue weighted by Crippen LogP contribution is 2.32. The van der Waals surface area contributed by atoms with E-state index in [1.54, 1.807) is 0 Å². The van der Waals surface area contributed by atoms with Crippen molar-refractivity contribution in [1.29, 1.82) is 0 Å². The summed E-state index contributed by atoms with van der Waals surface area (Å²) < 4.78 is 6.99. The predicted molar refractivity (Wildman–Crippen MR) is 92.1 cm³/mol. The summed E-state index contributed by atoms with van der Waals surface area (Å²) in [6, 6.07) is 12.9. The third-order valence-corrected chi connectivity index (χ3v) is 3.88. The molecular weight excluding hydrogens is 326 g/mol. The van der Waals surface area contributed by atoms with Crippen LogP contribution in [0.4, 0.5) is 0 Å². The van der Waals surface area contributed by atoms with Crippen LogP contribution in [0.3, 0.4) is 0 Å². The molecule has 0 atom stereocenters. The SMILES string of the molecule is Cc1ccc(Oc2ccc(CNC(C)C)cc2C)c(Br)c1. The fourth-order valence-corrected chi connectivity index (χ4v) is 2.64. The molecule has 0 heterocycles. The molecule has 0 aliphatic rings. The number of halogens is 1. The minimum absolute atomic E-state index is 0.491. The van der Waals surface area contributed by atoms with Gasteiger partial charge in [-0.2, -0.15) is 0 Å². The van der Waals surface area contributed by atoms with Crippen LogP contribution in [-0.2, 0) is 6.54 Å². The lowest BCUT2D eigenvalue weighted by atomic mass is 10.1. The minimum atomic E-state index is 0.491. The summed E-state index contributed by atoms with van der Waals surface area (Å²) in [5, 5.41) is 3.43. The van der Waals surface area contributed by atoms with E-state index in [1.165, 1.54) is 11.1 Å². The molecule has 2 aromatic rings. The summed E-state index contributed by atoms with van der Waals surface area (Å²) >= 11 is 3.55. The Morgan fingerprint density at radius 2 is 1.76 bits per heavy atom. The summed E-state index contributed by atoms with van der Waals surface area (Å²) in [6.07, 6.45) is 0. The largest absolute Gasteiger partial charge is 0.456 e. The molecule has 1 N–H and O–H groups in total. The van der Waals surface area contributed by atoms with Gasteiger partial charge in [0, 0.05) is 12.6 Å². The number of ether oxygens (including phenoxy) is 1. The van der Waals surface area contributed by atoms with Crippen LogP contribution in [0.25, 0.3) is 0 Å². The molecular formula is C18H22BrNO. The highest BCUT2D eigenvalue weighted by molar-refractivity contribution is 9.10. The molecule has 0 spiro atoms. The number of hydrogen-bond donors (Lipinski definition) is 1. The van der Waals surface area contributed by atoms with E-state index < -0.39 is 0 Å². The Morgan fingerprint density at radius 3 is 2.38 bits per heavy atom. The summed E-state index contributed by atoms with van der Waals surface area (Å²) in [7, 11) is 0. The van der Waals surface area contributed by atoms with Crippen LogP contribution in [-0.4, -0.2) is 6.04 Å². The average molecular weight is 348 g/mol. The van der Waals surface area contributed by atoms with Gasteiger partial charge in [-0.05, 0) is 64.7 Å². The number of nitrogens with one attached hydrogen (secondary N) is 1. The number of hydrogen-bond acceptors (Lipinski definition) is 2. The van der Waals surface area contributed by atoms with Gasteiger partial charge in [0.15, 0.2) is 0 Å². The lowest BCUT2D eigenvalue weighted by Gasteiger charge is -2.13. The molecule has 0 bridgehead atoms. The Labute approximate surface area is 135 Å². The number of aryl methyl sites for hydroxylation is 2. The average Bonchev–Trinajstić information content (AvgIpc) is 2.42. The summed E-state index contributed by atoms with van der Waals surface area (Å²) in [4.78, 5) is 0. The molecule has 0 aliphatic carbocycles. The molecule has 0 saturated carbocycles. The fraction of sp³-hybridized carbons (Fsp3) is 0.333. The van der Waals surface area contributed by atoms with E-state index in [-0.39, 0.29) is 0 Å². The highest BCUT2D eigenvalue weighted by atomic mass is 79.9. The zero-order chi connectivity index (χ0) is 15.4. The Bertz CT molecular complexity index is 623. The van der Waals surface area contributed by atoms with E-state index in [2.05, 4.69) is 73.2 Å². The van der Waals surface area contributed by atoms with Gasteiger partial charge in [-0.15, -0.1) is 0 Å². The van der Waals surface area contributed by atoms with Gasteiger partial charge in [-0.25, -0.2) is 0 Å². The second kappa shape index (κ2) is 7.10. The zero-order valence-electron chi connectivity index (χ0n) is 13.0.